The molecular weight excluding hydrogens is 350 g/mol. The third-order valence-corrected chi connectivity index (χ3v) is 4.79. The minimum absolute atomic E-state index is 0.328. The maximum absolute atomic E-state index is 10.8. The molecule has 0 aliphatic rings. The van der Waals surface area contributed by atoms with Gasteiger partial charge in [-0.05, 0) is 49.2 Å². The summed E-state index contributed by atoms with van der Waals surface area (Å²) in [7, 11) is 0. The molecule has 0 bridgehead atoms. The molecule has 2 rings (SSSR count). The maximum atomic E-state index is 10.8. The van der Waals surface area contributed by atoms with Gasteiger partial charge in [-0.25, -0.2) is 4.79 Å². The molecular formula is C24H33NO3. The topological polar surface area (TPSA) is 58.6 Å². The number of rotatable bonds is 15. The van der Waals surface area contributed by atoms with Crippen LogP contribution in [0.25, 0.3) is 0 Å². The fourth-order valence-corrected chi connectivity index (χ4v) is 3.13. The van der Waals surface area contributed by atoms with Crippen molar-refractivity contribution >= 4 is 11.7 Å². The van der Waals surface area contributed by atoms with E-state index in [4.69, 9.17) is 9.84 Å². The summed E-state index contributed by atoms with van der Waals surface area (Å²) in [4.78, 5) is 10.8. The number of carboxylic acid groups (broad SMARTS) is 1. The van der Waals surface area contributed by atoms with Gasteiger partial charge < -0.3 is 15.2 Å². The molecule has 0 aromatic heterocycles. The highest BCUT2D eigenvalue weighted by atomic mass is 16.5. The SMILES string of the molecule is O=C(O)c1ccc(NCCCCCCCCCCCOc2ccccc2)cc1. The van der Waals surface area contributed by atoms with Crippen molar-refractivity contribution in [2.75, 3.05) is 18.5 Å². The molecule has 2 aromatic rings. The highest BCUT2D eigenvalue weighted by Crippen LogP contribution is 2.13. The summed E-state index contributed by atoms with van der Waals surface area (Å²) in [5.74, 6) is 0.0846. The molecule has 2 N–H and O–H groups in total. The van der Waals surface area contributed by atoms with Crippen LogP contribution in [0.3, 0.4) is 0 Å². The zero-order valence-electron chi connectivity index (χ0n) is 16.7. The molecule has 0 spiro atoms. The van der Waals surface area contributed by atoms with Gasteiger partial charge in [0.1, 0.15) is 5.75 Å². The molecule has 0 amide bonds. The van der Waals surface area contributed by atoms with Crippen LogP contribution in [0.2, 0.25) is 0 Å². The highest BCUT2D eigenvalue weighted by molar-refractivity contribution is 5.87. The lowest BCUT2D eigenvalue weighted by Gasteiger charge is -2.07. The second-order valence-corrected chi connectivity index (χ2v) is 7.15. The number of carboxylic acids is 1. The van der Waals surface area contributed by atoms with E-state index in [9.17, 15) is 4.79 Å². The molecule has 28 heavy (non-hydrogen) atoms. The van der Waals surface area contributed by atoms with E-state index in [0.717, 1.165) is 37.4 Å². The van der Waals surface area contributed by atoms with E-state index in [1.54, 1.807) is 12.1 Å². The lowest BCUT2D eigenvalue weighted by atomic mass is 10.1. The van der Waals surface area contributed by atoms with Crippen molar-refractivity contribution in [3.63, 3.8) is 0 Å². The molecule has 0 aliphatic heterocycles. The van der Waals surface area contributed by atoms with Gasteiger partial charge in [-0.1, -0.05) is 63.1 Å². The van der Waals surface area contributed by atoms with Crippen molar-refractivity contribution in [2.45, 2.75) is 57.8 Å². The number of carbonyl (C=O) groups is 1. The average molecular weight is 384 g/mol. The van der Waals surface area contributed by atoms with Crippen LogP contribution in [0, 0.1) is 0 Å². The van der Waals surface area contributed by atoms with Crippen LogP contribution in [-0.4, -0.2) is 24.2 Å². The Morgan fingerprint density at radius 2 is 1.32 bits per heavy atom. The van der Waals surface area contributed by atoms with Crippen LogP contribution in [0.4, 0.5) is 5.69 Å². The molecule has 0 saturated carbocycles. The Morgan fingerprint density at radius 3 is 1.93 bits per heavy atom. The van der Waals surface area contributed by atoms with Crippen molar-refractivity contribution in [3.05, 3.63) is 60.2 Å². The minimum Gasteiger partial charge on any atom is -0.494 e. The number of para-hydroxylation sites is 1. The van der Waals surface area contributed by atoms with Gasteiger partial charge in [0.15, 0.2) is 0 Å². The van der Waals surface area contributed by atoms with E-state index in [1.807, 2.05) is 42.5 Å². The first-order valence-corrected chi connectivity index (χ1v) is 10.5. The van der Waals surface area contributed by atoms with Crippen molar-refractivity contribution < 1.29 is 14.6 Å². The Morgan fingerprint density at radius 1 is 0.750 bits per heavy atom. The van der Waals surface area contributed by atoms with Gasteiger partial charge in [0.2, 0.25) is 0 Å². The van der Waals surface area contributed by atoms with Crippen LogP contribution in [0.1, 0.15) is 68.1 Å². The average Bonchev–Trinajstić information content (AvgIpc) is 2.72. The van der Waals surface area contributed by atoms with E-state index < -0.39 is 5.97 Å². The van der Waals surface area contributed by atoms with Crippen LogP contribution in [0.15, 0.2) is 54.6 Å². The molecule has 2 aromatic carbocycles. The summed E-state index contributed by atoms with van der Waals surface area (Å²) < 4.78 is 5.70. The number of nitrogens with one attached hydrogen (secondary N) is 1. The standard InChI is InChI=1S/C24H33NO3/c26-24(27)21-15-17-22(18-16-21)25-19-11-6-4-2-1-3-5-7-12-20-28-23-13-9-8-10-14-23/h8-10,13-18,25H,1-7,11-12,19-20H2,(H,26,27). The summed E-state index contributed by atoms with van der Waals surface area (Å²) in [6.45, 7) is 1.75. The molecule has 0 fully saturated rings. The fraction of sp³-hybridized carbons (Fsp3) is 0.458. The van der Waals surface area contributed by atoms with Crippen molar-refractivity contribution in [2.24, 2.45) is 0 Å². The normalized spacial score (nSPS) is 10.6. The van der Waals surface area contributed by atoms with E-state index in [1.165, 1.54) is 44.9 Å². The Hall–Kier alpha value is -2.49. The number of ether oxygens (including phenoxy) is 1. The molecule has 0 atom stereocenters. The Kier molecular flexibility index (Phi) is 10.6. The molecule has 0 radical (unpaired) electrons. The molecule has 0 saturated heterocycles. The number of aromatic carboxylic acids is 1. The first-order chi connectivity index (χ1) is 13.8. The maximum Gasteiger partial charge on any atom is 0.335 e. The van der Waals surface area contributed by atoms with Crippen LogP contribution in [-0.2, 0) is 0 Å². The van der Waals surface area contributed by atoms with Gasteiger partial charge in [0, 0.05) is 12.2 Å². The van der Waals surface area contributed by atoms with Crippen LogP contribution in [0.5, 0.6) is 5.75 Å². The molecule has 152 valence electrons. The second kappa shape index (κ2) is 13.6. The van der Waals surface area contributed by atoms with Crippen LogP contribution >= 0.6 is 0 Å². The zero-order valence-corrected chi connectivity index (χ0v) is 16.7. The molecule has 4 nitrogen and oxygen atoms in total. The number of anilines is 1. The summed E-state index contributed by atoms with van der Waals surface area (Å²) in [6.07, 6.45) is 11.3. The number of benzene rings is 2. The predicted octanol–water partition coefficient (Wildman–Crippen LogP) is 6.39. The smallest absolute Gasteiger partial charge is 0.335 e. The number of hydrogen-bond acceptors (Lipinski definition) is 3. The van der Waals surface area contributed by atoms with E-state index >= 15 is 0 Å². The summed E-state index contributed by atoms with van der Waals surface area (Å²) >= 11 is 0. The third-order valence-electron chi connectivity index (χ3n) is 4.79. The van der Waals surface area contributed by atoms with Crippen LogP contribution < -0.4 is 10.1 Å². The third kappa shape index (κ3) is 9.45. The quantitative estimate of drug-likeness (QED) is 0.350. The first-order valence-electron chi connectivity index (χ1n) is 10.5. The monoisotopic (exact) mass is 383 g/mol. The minimum atomic E-state index is -0.882. The van der Waals surface area contributed by atoms with Gasteiger partial charge in [0.05, 0.1) is 12.2 Å². The van der Waals surface area contributed by atoms with Gasteiger partial charge in [0.25, 0.3) is 0 Å². The van der Waals surface area contributed by atoms with Gasteiger partial charge >= 0.3 is 5.97 Å². The molecule has 0 unspecified atom stereocenters. The lowest BCUT2D eigenvalue weighted by molar-refractivity contribution is 0.0697. The predicted molar refractivity (Wildman–Crippen MR) is 115 cm³/mol. The highest BCUT2D eigenvalue weighted by Gasteiger charge is 2.01. The largest absolute Gasteiger partial charge is 0.494 e. The Balaban J connectivity index is 1.34. The van der Waals surface area contributed by atoms with Gasteiger partial charge in [-0.3, -0.25) is 0 Å². The Bertz CT molecular complexity index is 655. The lowest BCUT2D eigenvalue weighted by Crippen LogP contribution is -2.02. The first kappa shape index (κ1) is 21.8. The van der Waals surface area contributed by atoms with E-state index in [-0.39, 0.29) is 0 Å². The van der Waals surface area contributed by atoms with Crippen molar-refractivity contribution in [3.8, 4) is 5.75 Å². The number of hydrogen-bond donors (Lipinski definition) is 2. The summed E-state index contributed by atoms with van der Waals surface area (Å²) in [5, 5.41) is 12.2. The molecule has 0 heterocycles. The fourth-order valence-electron chi connectivity index (χ4n) is 3.13. The second-order valence-electron chi connectivity index (χ2n) is 7.15. The summed E-state index contributed by atoms with van der Waals surface area (Å²) in [5.41, 5.74) is 1.32. The molecule has 4 heteroatoms. The van der Waals surface area contributed by atoms with E-state index in [2.05, 4.69) is 5.32 Å². The van der Waals surface area contributed by atoms with Crippen molar-refractivity contribution in [1.82, 2.24) is 0 Å². The van der Waals surface area contributed by atoms with Gasteiger partial charge in [-0.2, -0.15) is 0 Å². The summed E-state index contributed by atoms with van der Waals surface area (Å²) in [6, 6.07) is 17.0. The van der Waals surface area contributed by atoms with Gasteiger partial charge in [-0.15, -0.1) is 0 Å². The Labute approximate surface area is 168 Å². The molecule has 0 aliphatic carbocycles. The number of unbranched alkanes of at least 4 members (excludes halogenated alkanes) is 8. The van der Waals surface area contributed by atoms with Crippen molar-refractivity contribution in [1.29, 1.82) is 0 Å². The zero-order chi connectivity index (χ0) is 19.9. The van der Waals surface area contributed by atoms with E-state index in [0.29, 0.717) is 5.56 Å².